The number of carboxylic acid groups (broad SMARTS) is 1. The van der Waals surface area contributed by atoms with Crippen molar-refractivity contribution in [1.82, 2.24) is 9.88 Å². The molecule has 0 aliphatic heterocycles. The first-order valence-electron chi connectivity index (χ1n) is 12.8. The number of nitrogens with zero attached hydrogens (tertiary/aromatic N) is 2. The molecule has 1 aliphatic carbocycles. The molecule has 1 aliphatic rings. The lowest BCUT2D eigenvalue weighted by atomic mass is 9.86. The fourth-order valence-electron chi connectivity index (χ4n) is 5.13. The Balaban J connectivity index is 1.52. The highest BCUT2D eigenvalue weighted by Crippen LogP contribution is 2.28. The molecule has 2 amide bonds. The number of fused-ring (bicyclic) bond motifs is 1. The molecule has 1 fully saturated rings. The Bertz CT molecular complexity index is 1240. The highest BCUT2D eigenvalue weighted by molar-refractivity contribution is 7.17. The van der Waals surface area contributed by atoms with Crippen LogP contribution in [0.1, 0.15) is 62.5 Å². The predicted octanol–water partition coefficient (Wildman–Crippen LogP) is 5.33. The van der Waals surface area contributed by atoms with Gasteiger partial charge in [-0.25, -0.2) is 0 Å². The van der Waals surface area contributed by atoms with Gasteiger partial charge in [0.05, 0.1) is 16.1 Å². The molecular formula is C28H35N3O4S. The van der Waals surface area contributed by atoms with Gasteiger partial charge in [0.1, 0.15) is 12.2 Å². The second-order valence-corrected chi connectivity index (χ2v) is 11.0. The van der Waals surface area contributed by atoms with E-state index in [1.54, 1.807) is 16.2 Å². The molecule has 36 heavy (non-hydrogen) atoms. The van der Waals surface area contributed by atoms with Gasteiger partial charge in [0.15, 0.2) is 0 Å². The zero-order chi connectivity index (χ0) is 25.8. The zero-order valence-corrected chi connectivity index (χ0v) is 22.0. The maximum atomic E-state index is 13.5. The Hall–Kier alpha value is -3.13. The molecule has 2 heterocycles. The van der Waals surface area contributed by atoms with Crippen molar-refractivity contribution < 1.29 is 19.5 Å². The van der Waals surface area contributed by atoms with Crippen LogP contribution in [0.2, 0.25) is 0 Å². The maximum Gasteiger partial charge on any atom is 0.306 e. The third-order valence-electron chi connectivity index (χ3n) is 6.94. The normalized spacial score (nSPS) is 17.9. The molecule has 0 bridgehead atoms. The minimum Gasteiger partial charge on any atom is -0.481 e. The van der Waals surface area contributed by atoms with E-state index in [2.05, 4.69) is 31.3 Å². The summed E-state index contributed by atoms with van der Waals surface area (Å²) in [5.74, 6) is -0.851. The van der Waals surface area contributed by atoms with Gasteiger partial charge in [0.2, 0.25) is 5.91 Å². The minimum absolute atomic E-state index is 0.0546. The van der Waals surface area contributed by atoms with Crippen LogP contribution in [0.5, 0.6) is 0 Å². The summed E-state index contributed by atoms with van der Waals surface area (Å²) in [5, 5.41) is 14.3. The van der Waals surface area contributed by atoms with Crippen molar-refractivity contribution in [1.29, 1.82) is 0 Å². The molecule has 0 spiro atoms. The number of aromatic nitrogens is 1. The Labute approximate surface area is 216 Å². The lowest BCUT2D eigenvalue weighted by Crippen LogP contribution is -2.40. The van der Waals surface area contributed by atoms with E-state index in [0.717, 1.165) is 22.3 Å². The Morgan fingerprint density at radius 3 is 2.56 bits per heavy atom. The van der Waals surface area contributed by atoms with Gasteiger partial charge in [-0.05, 0) is 80.2 Å². The number of anilines is 1. The fourth-order valence-corrected chi connectivity index (χ4v) is 5.95. The van der Waals surface area contributed by atoms with E-state index >= 15 is 0 Å². The summed E-state index contributed by atoms with van der Waals surface area (Å²) < 4.78 is 2.78. The van der Waals surface area contributed by atoms with Crippen molar-refractivity contribution in [2.24, 2.45) is 11.8 Å². The second-order valence-electron chi connectivity index (χ2n) is 10.1. The Kier molecular flexibility index (Phi) is 8.14. The third kappa shape index (κ3) is 5.81. The van der Waals surface area contributed by atoms with Crippen LogP contribution < -0.4 is 10.2 Å². The number of carbonyl (C=O) groups is 3. The molecule has 1 aromatic carbocycles. The molecule has 7 nitrogen and oxygen atoms in total. The van der Waals surface area contributed by atoms with E-state index in [4.69, 9.17) is 0 Å². The molecule has 2 N–H and O–H groups in total. The fraction of sp³-hybridized carbons (Fsp3) is 0.464. The molecule has 0 unspecified atom stereocenters. The van der Waals surface area contributed by atoms with Gasteiger partial charge in [-0.15, -0.1) is 11.3 Å². The number of carbonyl (C=O) groups excluding carboxylic acids is 2. The first-order valence-corrected chi connectivity index (χ1v) is 13.6. The molecule has 3 aromatic rings. The molecule has 0 atom stereocenters. The number of rotatable bonds is 9. The van der Waals surface area contributed by atoms with Gasteiger partial charge in [-0.3, -0.25) is 14.4 Å². The van der Waals surface area contributed by atoms with Crippen LogP contribution in [-0.2, 0) is 22.6 Å². The van der Waals surface area contributed by atoms with E-state index in [-0.39, 0.29) is 30.3 Å². The van der Waals surface area contributed by atoms with Gasteiger partial charge < -0.3 is 19.9 Å². The van der Waals surface area contributed by atoms with Crippen LogP contribution in [0.4, 0.5) is 5.69 Å². The second kappa shape index (κ2) is 11.3. The lowest BCUT2D eigenvalue weighted by Gasteiger charge is -2.27. The summed E-state index contributed by atoms with van der Waals surface area (Å²) in [5.41, 5.74) is 3.41. The van der Waals surface area contributed by atoms with E-state index in [1.807, 2.05) is 41.1 Å². The number of thiophene rings is 1. The van der Waals surface area contributed by atoms with Crippen LogP contribution in [0.3, 0.4) is 0 Å². The largest absolute Gasteiger partial charge is 0.481 e. The van der Waals surface area contributed by atoms with Crippen molar-refractivity contribution in [2.45, 2.75) is 65.5 Å². The number of carboxylic acids is 1. The zero-order valence-electron chi connectivity index (χ0n) is 21.2. The van der Waals surface area contributed by atoms with Gasteiger partial charge in [0.25, 0.3) is 5.91 Å². The van der Waals surface area contributed by atoms with E-state index in [0.29, 0.717) is 43.8 Å². The topological polar surface area (TPSA) is 91.6 Å². The molecule has 192 valence electrons. The lowest BCUT2D eigenvalue weighted by molar-refractivity contribution is -0.142. The van der Waals surface area contributed by atoms with Crippen molar-refractivity contribution in [3.8, 4) is 0 Å². The first kappa shape index (κ1) is 25.9. The van der Waals surface area contributed by atoms with Gasteiger partial charge in [-0.1, -0.05) is 26.0 Å². The minimum atomic E-state index is -0.761. The average Bonchev–Trinajstić information content (AvgIpc) is 3.42. The molecular weight excluding hydrogens is 474 g/mol. The molecule has 1 saturated carbocycles. The van der Waals surface area contributed by atoms with E-state index < -0.39 is 5.97 Å². The maximum absolute atomic E-state index is 13.5. The number of nitrogens with one attached hydrogen (secondary N) is 1. The highest BCUT2D eigenvalue weighted by Gasteiger charge is 2.28. The van der Waals surface area contributed by atoms with Gasteiger partial charge in [-0.2, -0.15) is 0 Å². The van der Waals surface area contributed by atoms with Crippen LogP contribution in [-0.4, -0.2) is 40.0 Å². The molecule has 8 heteroatoms. The standard InChI is InChI=1S/C28H35N3O4S/c1-4-30(22-7-5-6-19(15-22)14-18(2)3)26(32)17-31-23-12-13-36-25(23)16-24(31)27(33)29-21-10-8-20(9-11-21)28(34)35/h5-7,12-13,15-16,18,20-21H,4,8-11,14,17H2,1-3H3,(H,29,33)(H,34,35)/t20-,21-. The molecule has 4 rings (SSSR count). The Morgan fingerprint density at radius 2 is 1.89 bits per heavy atom. The first-order chi connectivity index (χ1) is 17.3. The highest BCUT2D eigenvalue weighted by atomic mass is 32.1. The summed E-state index contributed by atoms with van der Waals surface area (Å²) in [4.78, 5) is 39.8. The van der Waals surface area contributed by atoms with Crippen molar-refractivity contribution in [3.05, 3.63) is 53.0 Å². The SMILES string of the molecule is CCN(C(=O)Cn1c(C(=O)N[C@H]2CC[C@H](C(=O)O)CC2)cc2sccc21)c1cccc(CC(C)C)c1. The smallest absolute Gasteiger partial charge is 0.306 e. The predicted molar refractivity (Wildman–Crippen MR) is 144 cm³/mol. The van der Waals surface area contributed by atoms with E-state index in [9.17, 15) is 19.5 Å². The molecule has 2 aromatic heterocycles. The van der Waals surface area contributed by atoms with Crippen molar-refractivity contribution in [3.63, 3.8) is 0 Å². The quantitative estimate of drug-likeness (QED) is 0.408. The molecule has 0 radical (unpaired) electrons. The summed E-state index contributed by atoms with van der Waals surface area (Å²) in [7, 11) is 0. The van der Waals surface area contributed by atoms with Crippen LogP contribution in [0, 0.1) is 11.8 Å². The van der Waals surface area contributed by atoms with Crippen molar-refractivity contribution >= 4 is 45.0 Å². The van der Waals surface area contributed by atoms with Crippen LogP contribution in [0.15, 0.2) is 41.8 Å². The van der Waals surface area contributed by atoms with Crippen LogP contribution in [0.25, 0.3) is 10.2 Å². The number of hydrogen-bond acceptors (Lipinski definition) is 4. The van der Waals surface area contributed by atoms with Gasteiger partial charge >= 0.3 is 5.97 Å². The number of aliphatic carboxylic acids is 1. The summed E-state index contributed by atoms with van der Waals surface area (Å²) in [6.45, 7) is 6.92. The summed E-state index contributed by atoms with van der Waals surface area (Å²) >= 11 is 1.54. The van der Waals surface area contributed by atoms with Gasteiger partial charge in [0, 0.05) is 18.3 Å². The monoisotopic (exact) mass is 509 g/mol. The Morgan fingerprint density at radius 1 is 1.14 bits per heavy atom. The van der Waals surface area contributed by atoms with E-state index in [1.165, 1.54) is 5.56 Å². The number of amides is 2. The van der Waals surface area contributed by atoms with Crippen LogP contribution >= 0.6 is 11.3 Å². The van der Waals surface area contributed by atoms with Crippen molar-refractivity contribution in [2.75, 3.05) is 11.4 Å². The number of hydrogen-bond donors (Lipinski definition) is 2. The summed E-state index contributed by atoms with van der Waals surface area (Å²) in [6.07, 6.45) is 3.37. The third-order valence-corrected chi connectivity index (χ3v) is 7.80. The number of benzene rings is 1. The average molecular weight is 510 g/mol. The molecule has 0 saturated heterocycles. The number of likely N-dealkylation sites (N-methyl/N-ethyl adjacent to an activating group) is 1. The summed E-state index contributed by atoms with van der Waals surface area (Å²) in [6, 6.07) is 11.9.